The van der Waals surface area contributed by atoms with Crippen molar-refractivity contribution in [2.75, 3.05) is 26.4 Å². The van der Waals surface area contributed by atoms with E-state index in [4.69, 9.17) is 14.3 Å². The highest BCUT2D eigenvalue weighted by molar-refractivity contribution is 6.02. The van der Waals surface area contributed by atoms with Crippen LogP contribution in [0.2, 0.25) is 0 Å². The van der Waals surface area contributed by atoms with Crippen molar-refractivity contribution in [3.63, 3.8) is 0 Å². The fourth-order valence-electron chi connectivity index (χ4n) is 4.21. The first kappa shape index (κ1) is 25.0. The quantitative estimate of drug-likeness (QED) is 0.536. The molecule has 1 amide bonds. The number of benzene rings is 2. The van der Waals surface area contributed by atoms with Crippen molar-refractivity contribution in [2.45, 2.75) is 44.9 Å². The molecule has 1 heterocycles. The lowest BCUT2D eigenvalue weighted by molar-refractivity contribution is -0.137. The van der Waals surface area contributed by atoms with Crippen molar-refractivity contribution >= 4 is 11.6 Å². The molecule has 0 atom stereocenters. The molecule has 9 heteroatoms. The van der Waals surface area contributed by atoms with Gasteiger partial charge >= 0.3 is 6.18 Å². The molecule has 2 aromatic rings. The third-order valence-corrected chi connectivity index (χ3v) is 6.23. The summed E-state index contributed by atoms with van der Waals surface area (Å²) in [4.78, 5) is 17.6. The summed E-state index contributed by atoms with van der Waals surface area (Å²) in [6.45, 7) is 2.18. The van der Waals surface area contributed by atoms with E-state index in [9.17, 15) is 18.0 Å². The summed E-state index contributed by atoms with van der Waals surface area (Å²) < 4.78 is 49.1. The molecule has 6 nitrogen and oxygen atoms in total. The molecular weight excluding hydrogens is 461 g/mol. The van der Waals surface area contributed by atoms with Gasteiger partial charge in [-0.3, -0.25) is 4.79 Å². The van der Waals surface area contributed by atoms with E-state index in [2.05, 4.69) is 10.5 Å². The van der Waals surface area contributed by atoms with E-state index in [0.717, 1.165) is 74.3 Å². The summed E-state index contributed by atoms with van der Waals surface area (Å²) in [6, 6.07) is 10.5. The van der Waals surface area contributed by atoms with E-state index < -0.39 is 11.7 Å². The summed E-state index contributed by atoms with van der Waals surface area (Å²) in [5.74, 6) is 0.931. The minimum atomic E-state index is -4.36. The number of fused-ring (bicyclic) bond motifs is 1. The lowest BCUT2D eigenvalue weighted by Gasteiger charge is -2.22. The van der Waals surface area contributed by atoms with Crippen LogP contribution in [-0.2, 0) is 33.6 Å². The first-order valence-corrected chi connectivity index (χ1v) is 11.8. The lowest BCUT2D eigenvalue weighted by Crippen LogP contribution is -2.35. The number of halogens is 3. The molecule has 35 heavy (non-hydrogen) atoms. The van der Waals surface area contributed by atoms with Crippen LogP contribution < -0.4 is 10.1 Å². The van der Waals surface area contributed by atoms with Crippen LogP contribution in [0.15, 0.2) is 47.6 Å². The molecule has 1 aliphatic heterocycles. The topological polar surface area (TPSA) is 69.2 Å². The molecule has 2 aromatic carbocycles. The van der Waals surface area contributed by atoms with Gasteiger partial charge in [-0.15, -0.1) is 0 Å². The molecule has 2 aliphatic rings. The van der Waals surface area contributed by atoms with E-state index >= 15 is 0 Å². The van der Waals surface area contributed by atoms with Crippen molar-refractivity contribution in [3.05, 3.63) is 64.7 Å². The third-order valence-electron chi connectivity index (χ3n) is 6.23. The fourth-order valence-corrected chi connectivity index (χ4v) is 4.21. The van der Waals surface area contributed by atoms with Crippen molar-refractivity contribution in [1.29, 1.82) is 0 Å². The van der Waals surface area contributed by atoms with Crippen molar-refractivity contribution in [3.8, 4) is 5.75 Å². The van der Waals surface area contributed by atoms with Gasteiger partial charge in [0.1, 0.15) is 12.4 Å². The van der Waals surface area contributed by atoms with Crippen LogP contribution in [0.25, 0.3) is 0 Å². The molecule has 0 radical (unpaired) electrons. The minimum absolute atomic E-state index is 0.0425. The molecule has 1 aliphatic carbocycles. The van der Waals surface area contributed by atoms with Gasteiger partial charge in [0.05, 0.1) is 11.3 Å². The number of alkyl halides is 3. The Labute approximate surface area is 202 Å². The van der Waals surface area contributed by atoms with E-state index in [1.165, 1.54) is 12.1 Å². The second-order valence-corrected chi connectivity index (χ2v) is 8.83. The van der Waals surface area contributed by atoms with Gasteiger partial charge in [-0.2, -0.15) is 13.2 Å². The van der Waals surface area contributed by atoms with Gasteiger partial charge < -0.3 is 19.6 Å². The number of aryl methyl sites for hydroxylation is 1. The minimum Gasteiger partial charge on any atom is -0.484 e. The summed E-state index contributed by atoms with van der Waals surface area (Å²) in [5, 5.41) is 7.17. The second-order valence-electron chi connectivity index (χ2n) is 8.83. The number of oxime groups is 1. The predicted molar refractivity (Wildman–Crippen MR) is 124 cm³/mol. The van der Waals surface area contributed by atoms with Crippen LogP contribution in [0.5, 0.6) is 5.75 Å². The first-order valence-electron chi connectivity index (χ1n) is 11.8. The zero-order valence-corrected chi connectivity index (χ0v) is 19.4. The maximum atomic E-state index is 12.7. The van der Waals surface area contributed by atoms with Crippen LogP contribution in [-0.4, -0.2) is 38.0 Å². The number of amides is 1. The normalized spacial score (nSPS) is 17.6. The van der Waals surface area contributed by atoms with Gasteiger partial charge in [-0.25, -0.2) is 0 Å². The second kappa shape index (κ2) is 11.6. The number of nitrogens with zero attached hydrogens (tertiary/aromatic N) is 1. The molecule has 188 valence electrons. The van der Waals surface area contributed by atoms with Gasteiger partial charge in [-0.1, -0.05) is 17.3 Å². The molecule has 0 bridgehead atoms. The molecule has 0 spiro atoms. The molecule has 0 unspecified atom stereocenters. The van der Waals surface area contributed by atoms with E-state index in [1.807, 2.05) is 12.1 Å². The Balaban J connectivity index is 1.28. The number of carbonyl (C=O) groups is 1. The van der Waals surface area contributed by atoms with Crippen LogP contribution in [0.3, 0.4) is 0 Å². The van der Waals surface area contributed by atoms with Crippen LogP contribution >= 0.6 is 0 Å². The van der Waals surface area contributed by atoms with Crippen molar-refractivity contribution < 1.29 is 32.3 Å². The molecule has 1 N–H and O–H groups in total. The average molecular weight is 491 g/mol. The SMILES string of the molecule is O=C(COc1ccc2c(c1)CCCC2=NOCc1ccc(C(F)(F)F)cc1)NCC1CCOCC1. The highest BCUT2D eigenvalue weighted by Crippen LogP contribution is 2.29. The Morgan fingerprint density at radius 3 is 2.60 bits per heavy atom. The van der Waals surface area contributed by atoms with Crippen LogP contribution in [0, 0.1) is 5.92 Å². The number of nitrogens with one attached hydrogen (secondary N) is 1. The maximum Gasteiger partial charge on any atom is 0.416 e. The number of hydrogen-bond acceptors (Lipinski definition) is 5. The Hall–Kier alpha value is -3.07. The largest absolute Gasteiger partial charge is 0.484 e. The number of rotatable bonds is 8. The highest BCUT2D eigenvalue weighted by Gasteiger charge is 2.30. The van der Waals surface area contributed by atoms with E-state index in [-0.39, 0.29) is 19.1 Å². The Morgan fingerprint density at radius 1 is 1.09 bits per heavy atom. The van der Waals surface area contributed by atoms with E-state index in [0.29, 0.717) is 23.8 Å². The number of carbonyl (C=O) groups excluding carboxylic acids is 1. The number of ether oxygens (including phenoxy) is 2. The van der Waals surface area contributed by atoms with Gasteiger partial charge in [-0.05, 0) is 79.5 Å². The monoisotopic (exact) mass is 490 g/mol. The average Bonchev–Trinajstić information content (AvgIpc) is 2.86. The lowest BCUT2D eigenvalue weighted by atomic mass is 9.90. The Bertz CT molecular complexity index is 1030. The maximum absolute atomic E-state index is 12.7. The van der Waals surface area contributed by atoms with Gasteiger partial charge in [0.25, 0.3) is 5.91 Å². The zero-order valence-electron chi connectivity index (χ0n) is 19.4. The van der Waals surface area contributed by atoms with Crippen LogP contribution in [0.1, 0.15) is 47.9 Å². The summed E-state index contributed by atoms with van der Waals surface area (Å²) >= 11 is 0. The number of hydrogen-bond donors (Lipinski definition) is 1. The van der Waals surface area contributed by atoms with Gasteiger partial charge in [0, 0.05) is 25.3 Å². The fraction of sp³-hybridized carbons (Fsp3) is 0.462. The van der Waals surface area contributed by atoms with Crippen LogP contribution in [0.4, 0.5) is 13.2 Å². The smallest absolute Gasteiger partial charge is 0.416 e. The van der Waals surface area contributed by atoms with Crippen molar-refractivity contribution in [2.24, 2.45) is 11.1 Å². The van der Waals surface area contributed by atoms with Gasteiger partial charge in [0.2, 0.25) is 0 Å². The molecule has 4 rings (SSSR count). The summed E-state index contributed by atoms with van der Waals surface area (Å²) in [6.07, 6.45) is 0.0656. The predicted octanol–water partition coefficient (Wildman–Crippen LogP) is 4.88. The molecular formula is C26H29F3N2O4. The van der Waals surface area contributed by atoms with Crippen molar-refractivity contribution in [1.82, 2.24) is 5.32 Å². The zero-order chi connectivity index (χ0) is 24.7. The molecule has 0 aromatic heterocycles. The Morgan fingerprint density at radius 2 is 1.86 bits per heavy atom. The third kappa shape index (κ3) is 7.21. The highest BCUT2D eigenvalue weighted by atomic mass is 19.4. The summed E-state index contributed by atoms with van der Waals surface area (Å²) in [5.41, 5.74) is 2.73. The molecule has 1 saturated heterocycles. The summed E-state index contributed by atoms with van der Waals surface area (Å²) in [7, 11) is 0. The van der Waals surface area contributed by atoms with Gasteiger partial charge in [0.15, 0.2) is 6.61 Å². The molecule has 0 saturated carbocycles. The standard InChI is InChI=1S/C26H29F3N2O4/c27-26(28,29)21-6-4-19(5-7-21)16-35-31-24-3-1-2-20-14-22(8-9-23(20)24)34-17-25(32)30-15-18-10-12-33-13-11-18/h4-9,14,18H,1-3,10-13,15-17H2,(H,30,32). The molecule has 1 fully saturated rings. The van der Waals surface area contributed by atoms with E-state index in [1.54, 1.807) is 6.07 Å². The first-order chi connectivity index (χ1) is 16.9. The Kier molecular flexibility index (Phi) is 8.28.